The molecule has 0 bridgehead atoms. The molecule has 1 aliphatic rings. The summed E-state index contributed by atoms with van der Waals surface area (Å²) in [7, 11) is 0. The van der Waals surface area contributed by atoms with Gasteiger partial charge in [-0.1, -0.05) is 0 Å². The quantitative estimate of drug-likeness (QED) is 0.590. The fourth-order valence-electron chi connectivity index (χ4n) is 2.90. The van der Waals surface area contributed by atoms with Gasteiger partial charge in [0.2, 0.25) is 0 Å². The van der Waals surface area contributed by atoms with Crippen LogP contribution in [0.15, 0.2) is 33.3 Å². The molecule has 19 heavy (non-hydrogen) atoms. The summed E-state index contributed by atoms with van der Waals surface area (Å²) in [5.41, 5.74) is 1.63. The summed E-state index contributed by atoms with van der Waals surface area (Å²) >= 11 is -1.50. The van der Waals surface area contributed by atoms with Gasteiger partial charge in [-0.2, -0.15) is 0 Å². The van der Waals surface area contributed by atoms with Gasteiger partial charge in [-0.3, -0.25) is 0 Å². The molecule has 1 nitrogen and oxygen atoms in total. The molecule has 0 saturated heterocycles. The molecule has 0 N–H and O–H groups in total. The average molecular weight is 363 g/mol. The minimum absolute atomic E-state index is 1.12. The predicted molar refractivity (Wildman–Crippen MR) is 88.8 cm³/mol. The third kappa shape index (κ3) is 5.41. The number of hydrogen-bond acceptors (Lipinski definition) is 1. The van der Waals surface area contributed by atoms with E-state index in [-0.39, 0.29) is 0 Å². The first-order chi connectivity index (χ1) is 9.26. The Morgan fingerprint density at radius 3 is 2.26 bits per heavy atom. The zero-order valence-corrected chi connectivity index (χ0v) is 16.6. The van der Waals surface area contributed by atoms with Gasteiger partial charge in [0.1, 0.15) is 0 Å². The molecule has 0 heterocycles. The van der Waals surface area contributed by atoms with E-state index >= 15 is 0 Å². The molecule has 0 aromatic heterocycles. The van der Waals surface area contributed by atoms with Crippen LogP contribution in [0.25, 0.3) is 0 Å². The van der Waals surface area contributed by atoms with E-state index in [4.69, 9.17) is 0 Å². The number of rotatable bonds is 8. The molecule has 0 saturated carbocycles. The Labute approximate surface area is 128 Å². The van der Waals surface area contributed by atoms with Crippen LogP contribution in [0.2, 0.25) is 8.35 Å². The van der Waals surface area contributed by atoms with E-state index in [1.54, 1.807) is 8.90 Å². The second-order valence-electron chi connectivity index (χ2n) is 5.40. The van der Waals surface area contributed by atoms with Gasteiger partial charge in [-0.25, -0.2) is 0 Å². The second kappa shape index (κ2) is 9.74. The van der Waals surface area contributed by atoms with Crippen molar-refractivity contribution in [1.82, 2.24) is 4.90 Å². The van der Waals surface area contributed by atoms with Crippen LogP contribution in [0, 0.1) is 0 Å². The van der Waals surface area contributed by atoms with Crippen LogP contribution >= 0.6 is 0 Å². The van der Waals surface area contributed by atoms with Gasteiger partial charge in [-0.15, -0.1) is 0 Å². The van der Waals surface area contributed by atoms with Crippen molar-refractivity contribution < 1.29 is 0 Å². The molecule has 1 aliphatic carbocycles. The maximum absolute atomic E-state index is 2.45. The summed E-state index contributed by atoms with van der Waals surface area (Å²) in [6.07, 6.45) is 13.4. The molecule has 0 aliphatic heterocycles. The van der Waals surface area contributed by atoms with E-state index in [0.717, 1.165) is 19.5 Å². The second-order valence-corrected chi connectivity index (χ2v) is 14.5. The van der Waals surface area contributed by atoms with E-state index < -0.39 is 21.4 Å². The average Bonchev–Trinajstić information content (AvgIpc) is 2.45. The van der Waals surface area contributed by atoms with Gasteiger partial charge < -0.3 is 0 Å². The Bertz CT molecular complexity index is 331. The summed E-state index contributed by atoms with van der Waals surface area (Å²) in [5, 5.41) is 0. The van der Waals surface area contributed by atoms with E-state index in [0.29, 0.717) is 0 Å². The topological polar surface area (TPSA) is 3.24 Å². The van der Waals surface area contributed by atoms with Crippen molar-refractivity contribution in [2.45, 2.75) is 55.3 Å². The summed E-state index contributed by atoms with van der Waals surface area (Å²) in [6.45, 7) is 11.5. The molecular formula is C17H30InN. The Balaban J connectivity index is 2.91. The molecule has 0 fully saturated rings. The summed E-state index contributed by atoms with van der Waals surface area (Å²) < 4.78 is 4.87. The fourth-order valence-corrected chi connectivity index (χ4v) is 12.6. The van der Waals surface area contributed by atoms with Crippen molar-refractivity contribution in [2.24, 2.45) is 0 Å². The molecule has 0 aromatic rings. The summed E-state index contributed by atoms with van der Waals surface area (Å²) in [4.78, 5) is 2.45. The van der Waals surface area contributed by atoms with Crippen LogP contribution in [0.5, 0.6) is 0 Å². The van der Waals surface area contributed by atoms with Crippen molar-refractivity contribution in [3.8, 4) is 0 Å². The molecule has 1 rings (SSSR count). The number of nitrogens with zero attached hydrogens (tertiary/aromatic N) is 1. The summed E-state index contributed by atoms with van der Waals surface area (Å²) in [5.74, 6) is 0. The first-order valence-corrected chi connectivity index (χ1v) is 14.4. The Kier molecular flexibility index (Phi) is 8.69. The minimum atomic E-state index is -1.50. The first kappa shape index (κ1) is 16.9. The van der Waals surface area contributed by atoms with Crippen LogP contribution in [-0.4, -0.2) is 39.4 Å². The monoisotopic (exact) mass is 363 g/mol. The van der Waals surface area contributed by atoms with Gasteiger partial charge in [-0.05, 0) is 0 Å². The van der Waals surface area contributed by atoms with Gasteiger partial charge in [0.15, 0.2) is 0 Å². The first-order valence-electron chi connectivity index (χ1n) is 8.08. The van der Waals surface area contributed by atoms with Gasteiger partial charge in [0, 0.05) is 0 Å². The van der Waals surface area contributed by atoms with Crippen LogP contribution in [0.3, 0.4) is 0 Å². The van der Waals surface area contributed by atoms with Crippen molar-refractivity contribution in [2.75, 3.05) is 13.1 Å². The van der Waals surface area contributed by atoms with E-state index in [1.165, 1.54) is 21.2 Å². The Morgan fingerprint density at radius 1 is 1.11 bits per heavy atom. The number of allylic oxidation sites excluding steroid dienone is 5. The van der Waals surface area contributed by atoms with Gasteiger partial charge >= 0.3 is 128 Å². The van der Waals surface area contributed by atoms with Crippen LogP contribution in [-0.2, 0) is 0 Å². The third-order valence-electron chi connectivity index (χ3n) is 3.99. The summed E-state index contributed by atoms with van der Waals surface area (Å²) in [6, 6.07) is 0. The third-order valence-corrected chi connectivity index (χ3v) is 15.4. The predicted octanol–water partition coefficient (Wildman–Crippen LogP) is 4.95. The molecular weight excluding hydrogens is 333 g/mol. The zero-order chi connectivity index (χ0) is 14.1. The normalized spacial score (nSPS) is 16.6. The number of hydrogen-bond donors (Lipinski definition) is 0. The maximum atomic E-state index is 2.45. The fraction of sp³-hybridized carbons (Fsp3) is 0.647. The molecule has 0 amide bonds. The van der Waals surface area contributed by atoms with Gasteiger partial charge in [0.25, 0.3) is 0 Å². The molecule has 0 atom stereocenters. The Hall–Kier alpha value is -0.110. The molecule has 106 valence electrons. The van der Waals surface area contributed by atoms with Gasteiger partial charge in [0.05, 0.1) is 0 Å². The molecule has 0 radical (unpaired) electrons. The Morgan fingerprint density at radius 2 is 1.74 bits per heavy atom. The molecule has 0 spiro atoms. The SMILES string of the molecule is CC[CH2][In]([CH2]CC)[C]1=CC=CCC1=CN(CC)CC. The van der Waals surface area contributed by atoms with Crippen molar-refractivity contribution in [3.05, 3.63) is 33.3 Å². The zero-order valence-electron chi connectivity index (χ0n) is 13.3. The standard InChI is InChI=1S/C11H16N.2C3H7.In/c1-3-12(4-2)10-11-8-6-5-7-9-11;2*1-3-2;/h5-7,10H,3-4,8H2,1-2H3;2*1,3H2,2H3;. The van der Waals surface area contributed by atoms with Crippen LogP contribution in [0.1, 0.15) is 47.0 Å². The van der Waals surface area contributed by atoms with Crippen molar-refractivity contribution in [3.63, 3.8) is 0 Å². The molecule has 0 aromatic carbocycles. The van der Waals surface area contributed by atoms with E-state index in [9.17, 15) is 0 Å². The van der Waals surface area contributed by atoms with E-state index in [1.807, 2.05) is 0 Å². The van der Waals surface area contributed by atoms with Crippen LogP contribution in [0.4, 0.5) is 0 Å². The molecule has 0 unspecified atom stereocenters. The van der Waals surface area contributed by atoms with E-state index in [2.05, 4.69) is 57.0 Å². The molecule has 2 heteroatoms. The van der Waals surface area contributed by atoms with Crippen LogP contribution < -0.4 is 0 Å². The van der Waals surface area contributed by atoms with Crippen molar-refractivity contribution in [1.29, 1.82) is 0 Å². The van der Waals surface area contributed by atoms with Crippen molar-refractivity contribution >= 4 is 21.4 Å².